The highest BCUT2D eigenvalue weighted by Crippen LogP contribution is 2.32. The zero-order valence-electron chi connectivity index (χ0n) is 13.5. The van der Waals surface area contributed by atoms with E-state index in [1.54, 1.807) is 18.7 Å². The first kappa shape index (κ1) is 15.1. The van der Waals surface area contributed by atoms with Crippen molar-refractivity contribution in [3.05, 3.63) is 41.9 Å². The zero-order chi connectivity index (χ0) is 16.7. The summed E-state index contributed by atoms with van der Waals surface area (Å²) in [6.07, 6.45) is 6.23. The molecular weight excluding hydrogens is 324 g/mol. The van der Waals surface area contributed by atoms with Crippen molar-refractivity contribution in [1.29, 1.82) is 0 Å². The third kappa shape index (κ3) is 2.54. The van der Waals surface area contributed by atoms with E-state index in [0.29, 0.717) is 6.04 Å². The first-order valence-electron chi connectivity index (χ1n) is 7.96. The van der Waals surface area contributed by atoms with Crippen LogP contribution >= 0.6 is 11.3 Å². The van der Waals surface area contributed by atoms with Crippen LogP contribution in [0.2, 0.25) is 0 Å². The van der Waals surface area contributed by atoms with Crippen LogP contribution in [0.25, 0.3) is 10.6 Å². The predicted octanol–water partition coefficient (Wildman–Crippen LogP) is 3.53. The van der Waals surface area contributed by atoms with Crippen LogP contribution in [0, 0.1) is 0 Å². The average Bonchev–Trinajstić information content (AvgIpc) is 3.28. The van der Waals surface area contributed by atoms with Gasteiger partial charge in [0, 0.05) is 23.1 Å². The molecule has 0 spiro atoms. The lowest BCUT2D eigenvalue weighted by Gasteiger charge is -2.36. The fraction of sp³-hybridized carbons (Fsp3) is 0.353. The van der Waals surface area contributed by atoms with Crippen LogP contribution < -0.4 is 4.90 Å². The molecule has 124 valence electrons. The van der Waals surface area contributed by atoms with E-state index in [1.807, 2.05) is 27.1 Å². The Morgan fingerprint density at radius 3 is 3.04 bits per heavy atom. The Labute approximate surface area is 143 Å². The van der Waals surface area contributed by atoms with Crippen LogP contribution in [0.3, 0.4) is 0 Å². The Bertz CT molecular complexity index is 852. The lowest BCUT2D eigenvalue weighted by molar-refractivity contribution is -0.118. The molecule has 0 aliphatic carbocycles. The molecular formula is C17H18N4O2S. The minimum absolute atomic E-state index is 0.0557. The van der Waals surface area contributed by atoms with E-state index in [4.69, 9.17) is 4.42 Å². The summed E-state index contributed by atoms with van der Waals surface area (Å²) in [5, 5.41) is 7.16. The summed E-state index contributed by atoms with van der Waals surface area (Å²) in [5.74, 6) is 0.928. The number of nitrogens with zero attached hydrogens (tertiary/aromatic N) is 4. The molecule has 6 nitrogen and oxygen atoms in total. The van der Waals surface area contributed by atoms with Gasteiger partial charge in [0.25, 0.3) is 0 Å². The first-order valence-corrected chi connectivity index (χ1v) is 8.84. The maximum absolute atomic E-state index is 12.9. The molecule has 1 aliphatic heterocycles. The van der Waals surface area contributed by atoms with Gasteiger partial charge in [-0.1, -0.05) is 0 Å². The number of thiazole rings is 1. The van der Waals surface area contributed by atoms with Crippen molar-refractivity contribution in [1.82, 2.24) is 14.8 Å². The van der Waals surface area contributed by atoms with Crippen molar-refractivity contribution in [2.24, 2.45) is 0 Å². The molecule has 0 aromatic carbocycles. The quantitative estimate of drug-likeness (QED) is 0.730. The Balaban J connectivity index is 1.56. The van der Waals surface area contributed by atoms with E-state index in [1.165, 1.54) is 11.3 Å². The van der Waals surface area contributed by atoms with Crippen LogP contribution in [-0.4, -0.2) is 26.7 Å². The van der Waals surface area contributed by atoms with Gasteiger partial charge < -0.3 is 4.42 Å². The molecule has 4 heterocycles. The summed E-state index contributed by atoms with van der Waals surface area (Å²) in [6, 6.07) is 4.24. The van der Waals surface area contributed by atoms with Gasteiger partial charge in [0.2, 0.25) is 5.91 Å². The number of hydrogen-bond acceptors (Lipinski definition) is 5. The third-order valence-electron chi connectivity index (χ3n) is 4.36. The van der Waals surface area contributed by atoms with Gasteiger partial charge in [-0.25, -0.2) is 9.67 Å². The number of aromatic nitrogens is 3. The second-order valence-electron chi connectivity index (χ2n) is 6.16. The van der Waals surface area contributed by atoms with E-state index in [9.17, 15) is 4.79 Å². The maximum atomic E-state index is 12.9. The predicted molar refractivity (Wildman–Crippen MR) is 92.0 cm³/mol. The number of hydrogen-bond donors (Lipinski definition) is 0. The maximum Gasteiger partial charge on any atom is 0.234 e. The number of amides is 1. The second-order valence-corrected chi connectivity index (χ2v) is 7.02. The van der Waals surface area contributed by atoms with Crippen molar-refractivity contribution >= 4 is 23.1 Å². The number of furan rings is 1. The summed E-state index contributed by atoms with van der Waals surface area (Å²) in [6.45, 7) is 4.22. The smallest absolute Gasteiger partial charge is 0.234 e. The van der Waals surface area contributed by atoms with Crippen molar-refractivity contribution in [3.63, 3.8) is 0 Å². The molecule has 24 heavy (non-hydrogen) atoms. The van der Waals surface area contributed by atoms with Gasteiger partial charge >= 0.3 is 0 Å². The Kier molecular flexibility index (Phi) is 3.72. The third-order valence-corrected chi connectivity index (χ3v) is 5.30. The molecule has 0 saturated heterocycles. The van der Waals surface area contributed by atoms with Gasteiger partial charge in [-0.2, -0.15) is 5.10 Å². The lowest BCUT2D eigenvalue weighted by Crippen LogP contribution is -2.45. The van der Waals surface area contributed by atoms with Crippen LogP contribution in [0.1, 0.15) is 32.0 Å². The average molecular weight is 342 g/mol. The van der Waals surface area contributed by atoms with Crippen LogP contribution in [0.5, 0.6) is 0 Å². The van der Waals surface area contributed by atoms with Gasteiger partial charge in [0.1, 0.15) is 17.1 Å². The number of carbonyl (C=O) groups is 1. The van der Waals surface area contributed by atoms with Gasteiger partial charge in [-0.05, 0) is 26.3 Å². The molecule has 2 atom stereocenters. The fourth-order valence-corrected chi connectivity index (χ4v) is 4.09. The molecule has 0 N–H and O–H groups in total. The molecule has 3 aromatic heterocycles. The Morgan fingerprint density at radius 2 is 2.25 bits per heavy atom. The molecule has 0 unspecified atom stereocenters. The number of fused-ring (bicyclic) bond motifs is 1. The van der Waals surface area contributed by atoms with Crippen LogP contribution in [0.4, 0.5) is 5.82 Å². The number of anilines is 1. The Morgan fingerprint density at radius 1 is 1.38 bits per heavy atom. The summed E-state index contributed by atoms with van der Waals surface area (Å²) in [4.78, 5) is 19.3. The zero-order valence-corrected chi connectivity index (χ0v) is 14.4. The highest BCUT2D eigenvalue weighted by Gasteiger charge is 2.32. The molecule has 0 fully saturated rings. The van der Waals surface area contributed by atoms with Crippen molar-refractivity contribution in [2.75, 3.05) is 4.90 Å². The van der Waals surface area contributed by atoms with Crippen LogP contribution in [0.15, 0.2) is 40.7 Å². The van der Waals surface area contributed by atoms with Crippen molar-refractivity contribution in [3.8, 4) is 10.6 Å². The molecule has 7 heteroatoms. The van der Waals surface area contributed by atoms with Crippen molar-refractivity contribution in [2.45, 2.75) is 38.8 Å². The highest BCUT2D eigenvalue weighted by atomic mass is 32.1. The first-order chi connectivity index (χ1) is 11.6. The molecule has 0 bridgehead atoms. The molecule has 3 aromatic rings. The number of carbonyl (C=O) groups excluding carboxylic acids is 1. The fourth-order valence-electron chi connectivity index (χ4n) is 3.28. The molecule has 1 amide bonds. The topological polar surface area (TPSA) is 64.2 Å². The van der Waals surface area contributed by atoms with E-state index in [-0.39, 0.29) is 18.4 Å². The molecule has 4 rings (SSSR count). The van der Waals surface area contributed by atoms with Crippen LogP contribution in [-0.2, 0) is 11.2 Å². The van der Waals surface area contributed by atoms with Crippen molar-refractivity contribution < 1.29 is 9.21 Å². The van der Waals surface area contributed by atoms with Gasteiger partial charge in [0.15, 0.2) is 0 Å². The monoisotopic (exact) mass is 342 g/mol. The normalized spacial score (nSPS) is 20.2. The summed E-state index contributed by atoms with van der Waals surface area (Å²) in [5.41, 5.74) is 1.73. The standard InChI is InChI=1S/C17H18N4O2S/c1-11-7-12(2)21-15(3-5-18-21)20(11)16(22)8-14-10-24-17(19-14)13-4-6-23-9-13/h3-6,9-12H,7-8H2,1-2H3/t11-,12-/m1/s1. The second kappa shape index (κ2) is 5.90. The van der Waals surface area contributed by atoms with E-state index in [0.717, 1.165) is 28.5 Å². The Hall–Kier alpha value is -2.41. The van der Waals surface area contributed by atoms with E-state index in [2.05, 4.69) is 23.9 Å². The lowest BCUT2D eigenvalue weighted by atomic mass is 10.0. The minimum Gasteiger partial charge on any atom is -0.472 e. The minimum atomic E-state index is 0.0557. The summed E-state index contributed by atoms with van der Waals surface area (Å²) >= 11 is 1.52. The SMILES string of the molecule is C[C@@H]1C[C@@H](C)n2nccc2N1C(=O)Cc1csc(-c2ccoc2)n1. The van der Waals surface area contributed by atoms with Gasteiger partial charge in [-0.3, -0.25) is 9.69 Å². The highest BCUT2D eigenvalue weighted by molar-refractivity contribution is 7.13. The molecule has 0 radical (unpaired) electrons. The largest absolute Gasteiger partial charge is 0.472 e. The van der Waals surface area contributed by atoms with Gasteiger partial charge in [0.05, 0.1) is 30.6 Å². The van der Waals surface area contributed by atoms with E-state index < -0.39 is 0 Å². The number of rotatable bonds is 3. The summed E-state index contributed by atoms with van der Waals surface area (Å²) in [7, 11) is 0. The van der Waals surface area contributed by atoms with Gasteiger partial charge in [-0.15, -0.1) is 11.3 Å². The molecule has 1 aliphatic rings. The molecule has 0 saturated carbocycles. The summed E-state index contributed by atoms with van der Waals surface area (Å²) < 4.78 is 7.02. The van der Waals surface area contributed by atoms with E-state index >= 15 is 0 Å².